The van der Waals surface area contributed by atoms with Gasteiger partial charge >= 0.3 is 0 Å². The molecule has 4 rings (SSSR count). The van der Waals surface area contributed by atoms with E-state index < -0.39 is 0 Å². The van der Waals surface area contributed by atoms with Crippen molar-refractivity contribution < 1.29 is 0 Å². The van der Waals surface area contributed by atoms with Crippen LogP contribution in [-0.4, -0.2) is 15.0 Å². The van der Waals surface area contributed by atoms with E-state index >= 15 is 0 Å². The van der Waals surface area contributed by atoms with Gasteiger partial charge in [0.05, 0.1) is 0 Å². The molecule has 0 spiro atoms. The van der Waals surface area contributed by atoms with Crippen molar-refractivity contribution in [3.8, 4) is 0 Å². The average Bonchev–Trinajstić information content (AvgIpc) is 2.93. The Bertz CT molecular complexity index is 896. The second-order valence-corrected chi connectivity index (χ2v) is 4.97. The third kappa shape index (κ3) is 2.10. The Labute approximate surface area is 121 Å². The molecule has 3 heterocycles. The number of hydrogen-bond donors (Lipinski definition) is 2. The summed E-state index contributed by atoms with van der Waals surface area (Å²) in [5, 5.41) is 5.81. The number of para-hydroxylation sites is 1. The van der Waals surface area contributed by atoms with E-state index in [4.69, 9.17) is 0 Å². The van der Waals surface area contributed by atoms with E-state index in [2.05, 4.69) is 38.5 Å². The van der Waals surface area contributed by atoms with E-state index in [1.165, 1.54) is 5.39 Å². The number of fused-ring (bicyclic) bond motifs is 3. The zero-order valence-electron chi connectivity index (χ0n) is 11.4. The third-order valence-corrected chi connectivity index (χ3v) is 3.61. The first-order valence-electron chi connectivity index (χ1n) is 6.90. The molecule has 0 bridgehead atoms. The number of nitrogens with zero attached hydrogens (tertiary/aromatic N) is 2. The molecule has 2 N–H and O–H groups in total. The molecular formula is C17H14N4. The molecule has 0 unspecified atom stereocenters. The maximum atomic E-state index is 4.43. The van der Waals surface area contributed by atoms with E-state index in [0.717, 1.165) is 34.3 Å². The maximum Gasteiger partial charge on any atom is 0.140 e. The number of benzene rings is 1. The van der Waals surface area contributed by atoms with Gasteiger partial charge in [-0.1, -0.05) is 24.3 Å². The van der Waals surface area contributed by atoms with Gasteiger partial charge < -0.3 is 10.3 Å². The summed E-state index contributed by atoms with van der Waals surface area (Å²) in [6.07, 6.45) is 5.48. The highest BCUT2D eigenvalue weighted by atomic mass is 14.9. The quantitative estimate of drug-likeness (QED) is 0.598. The summed E-state index contributed by atoms with van der Waals surface area (Å²) in [6, 6.07) is 14.3. The number of aromatic amines is 1. The first-order chi connectivity index (χ1) is 10.4. The van der Waals surface area contributed by atoms with Gasteiger partial charge in [0.15, 0.2) is 0 Å². The molecule has 1 aromatic carbocycles. The van der Waals surface area contributed by atoms with Gasteiger partial charge in [0.1, 0.15) is 5.65 Å². The highest BCUT2D eigenvalue weighted by molar-refractivity contribution is 6.11. The molecule has 0 saturated heterocycles. The van der Waals surface area contributed by atoms with Gasteiger partial charge in [-0.25, -0.2) is 4.98 Å². The summed E-state index contributed by atoms with van der Waals surface area (Å²) in [5.41, 5.74) is 4.26. The van der Waals surface area contributed by atoms with Crippen LogP contribution in [-0.2, 0) is 6.54 Å². The fourth-order valence-corrected chi connectivity index (χ4v) is 2.61. The SMILES string of the molecule is c1cncc(CNc2ccnc3[nH]c4ccccc4c23)c1. The van der Waals surface area contributed by atoms with Gasteiger partial charge in [-0.15, -0.1) is 0 Å². The van der Waals surface area contributed by atoms with Crippen molar-refractivity contribution in [2.24, 2.45) is 0 Å². The van der Waals surface area contributed by atoms with Crippen molar-refractivity contribution in [3.05, 3.63) is 66.6 Å². The summed E-state index contributed by atoms with van der Waals surface area (Å²) in [7, 11) is 0. The van der Waals surface area contributed by atoms with E-state index in [1.807, 2.05) is 36.7 Å². The van der Waals surface area contributed by atoms with Gasteiger partial charge in [-0.05, 0) is 23.8 Å². The monoisotopic (exact) mass is 274 g/mol. The van der Waals surface area contributed by atoms with Crippen LogP contribution in [0.25, 0.3) is 21.9 Å². The molecule has 0 atom stereocenters. The molecule has 0 radical (unpaired) electrons. The Balaban J connectivity index is 1.78. The van der Waals surface area contributed by atoms with Crippen LogP contribution >= 0.6 is 0 Å². The molecule has 21 heavy (non-hydrogen) atoms. The zero-order valence-corrected chi connectivity index (χ0v) is 11.4. The lowest BCUT2D eigenvalue weighted by molar-refractivity contribution is 1.11. The Morgan fingerprint density at radius 3 is 2.86 bits per heavy atom. The van der Waals surface area contributed by atoms with E-state index in [1.54, 1.807) is 6.20 Å². The highest BCUT2D eigenvalue weighted by Gasteiger charge is 2.08. The van der Waals surface area contributed by atoms with Crippen LogP contribution in [0.4, 0.5) is 5.69 Å². The smallest absolute Gasteiger partial charge is 0.140 e. The Morgan fingerprint density at radius 2 is 1.95 bits per heavy atom. The Morgan fingerprint density at radius 1 is 1.00 bits per heavy atom. The van der Waals surface area contributed by atoms with Crippen LogP contribution in [0.15, 0.2) is 61.1 Å². The van der Waals surface area contributed by atoms with Crippen molar-refractivity contribution in [2.45, 2.75) is 6.54 Å². The van der Waals surface area contributed by atoms with Crippen LogP contribution in [0.1, 0.15) is 5.56 Å². The topological polar surface area (TPSA) is 53.6 Å². The number of nitrogens with one attached hydrogen (secondary N) is 2. The molecule has 102 valence electrons. The lowest BCUT2D eigenvalue weighted by Gasteiger charge is -2.07. The van der Waals surface area contributed by atoms with E-state index in [9.17, 15) is 0 Å². The normalized spacial score (nSPS) is 11.0. The molecule has 0 fully saturated rings. The Hall–Kier alpha value is -2.88. The summed E-state index contributed by atoms with van der Waals surface area (Å²) >= 11 is 0. The molecular weight excluding hydrogens is 260 g/mol. The number of anilines is 1. The molecule has 0 aliphatic heterocycles. The molecule has 0 saturated carbocycles. The molecule has 4 nitrogen and oxygen atoms in total. The molecule has 4 aromatic rings. The minimum absolute atomic E-state index is 0.743. The first kappa shape index (κ1) is 11.9. The second-order valence-electron chi connectivity index (χ2n) is 4.97. The molecule has 0 aliphatic carbocycles. The van der Waals surface area contributed by atoms with Gasteiger partial charge in [0.2, 0.25) is 0 Å². The van der Waals surface area contributed by atoms with Crippen LogP contribution in [0.3, 0.4) is 0 Å². The van der Waals surface area contributed by atoms with Gasteiger partial charge in [-0.3, -0.25) is 4.98 Å². The minimum atomic E-state index is 0.743. The van der Waals surface area contributed by atoms with Gasteiger partial charge in [-0.2, -0.15) is 0 Å². The standard InChI is InChI=1S/C17H14N4/c1-2-6-14-13(5-1)16-15(7-9-19-17(16)21-14)20-11-12-4-3-8-18-10-12/h1-10H,11H2,(H2,19,20,21). The van der Waals surface area contributed by atoms with Crippen molar-refractivity contribution in [3.63, 3.8) is 0 Å². The lowest BCUT2D eigenvalue weighted by atomic mass is 10.1. The fraction of sp³-hybridized carbons (Fsp3) is 0.0588. The van der Waals surface area contributed by atoms with Crippen molar-refractivity contribution in [1.29, 1.82) is 0 Å². The van der Waals surface area contributed by atoms with E-state index in [0.29, 0.717) is 0 Å². The number of rotatable bonds is 3. The number of hydrogen-bond acceptors (Lipinski definition) is 3. The van der Waals surface area contributed by atoms with Crippen LogP contribution < -0.4 is 5.32 Å². The summed E-state index contributed by atoms with van der Waals surface area (Å²) in [4.78, 5) is 11.9. The van der Waals surface area contributed by atoms with Crippen molar-refractivity contribution in [2.75, 3.05) is 5.32 Å². The number of pyridine rings is 2. The van der Waals surface area contributed by atoms with Gasteiger partial charge in [0.25, 0.3) is 0 Å². The molecule has 0 amide bonds. The number of aromatic nitrogens is 3. The van der Waals surface area contributed by atoms with Crippen molar-refractivity contribution in [1.82, 2.24) is 15.0 Å². The Kier molecular flexibility index (Phi) is 2.78. The van der Waals surface area contributed by atoms with Crippen LogP contribution in [0, 0.1) is 0 Å². The maximum absolute atomic E-state index is 4.43. The fourth-order valence-electron chi connectivity index (χ4n) is 2.61. The predicted molar refractivity (Wildman–Crippen MR) is 85.2 cm³/mol. The van der Waals surface area contributed by atoms with Gasteiger partial charge in [0, 0.05) is 47.1 Å². The van der Waals surface area contributed by atoms with Crippen LogP contribution in [0.5, 0.6) is 0 Å². The lowest BCUT2D eigenvalue weighted by Crippen LogP contribution is -2.00. The summed E-state index contributed by atoms with van der Waals surface area (Å²) in [5.74, 6) is 0. The predicted octanol–water partition coefficient (Wildman–Crippen LogP) is 3.72. The molecule has 0 aliphatic rings. The minimum Gasteiger partial charge on any atom is -0.380 e. The van der Waals surface area contributed by atoms with E-state index in [-0.39, 0.29) is 0 Å². The average molecular weight is 274 g/mol. The largest absolute Gasteiger partial charge is 0.380 e. The second kappa shape index (κ2) is 4.90. The van der Waals surface area contributed by atoms with Crippen LogP contribution in [0.2, 0.25) is 0 Å². The first-order valence-corrected chi connectivity index (χ1v) is 6.90. The number of H-pyrrole nitrogens is 1. The third-order valence-electron chi connectivity index (χ3n) is 3.61. The highest BCUT2D eigenvalue weighted by Crippen LogP contribution is 2.30. The summed E-state index contributed by atoms with van der Waals surface area (Å²) < 4.78 is 0. The molecule has 3 aromatic heterocycles. The summed E-state index contributed by atoms with van der Waals surface area (Å²) in [6.45, 7) is 0.743. The van der Waals surface area contributed by atoms with Crippen molar-refractivity contribution >= 4 is 27.6 Å². The molecule has 4 heteroatoms. The zero-order chi connectivity index (χ0) is 14.1.